The van der Waals surface area contributed by atoms with E-state index in [1.54, 1.807) is 13.1 Å². The van der Waals surface area contributed by atoms with Gasteiger partial charge in [0, 0.05) is 24.7 Å². The summed E-state index contributed by atoms with van der Waals surface area (Å²) >= 11 is 0. The molecule has 1 aromatic heterocycles. The van der Waals surface area contributed by atoms with Crippen LogP contribution in [0, 0.1) is 13.8 Å². The minimum atomic E-state index is -0.908. The molecule has 0 unspecified atom stereocenters. The van der Waals surface area contributed by atoms with Crippen LogP contribution in [0.3, 0.4) is 0 Å². The van der Waals surface area contributed by atoms with Crippen molar-refractivity contribution in [2.75, 3.05) is 13.6 Å². The highest BCUT2D eigenvalue weighted by Crippen LogP contribution is 2.24. The van der Waals surface area contributed by atoms with Gasteiger partial charge >= 0.3 is 5.97 Å². The standard InChI is InChI=1S/C15H18N2O3/c1-9-10(2)16-14-11(9)5-4-6-12(14)15(20)17(3)8-7-13(18)19/h4-6,16H,7-8H2,1-3H3,(H,18,19). The molecule has 0 bridgehead atoms. The average molecular weight is 274 g/mol. The lowest BCUT2D eigenvalue weighted by atomic mass is 10.1. The number of nitrogens with zero attached hydrogens (tertiary/aromatic N) is 1. The smallest absolute Gasteiger partial charge is 0.305 e. The maximum atomic E-state index is 12.4. The van der Waals surface area contributed by atoms with E-state index in [1.807, 2.05) is 26.0 Å². The molecule has 5 nitrogen and oxygen atoms in total. The number of aryl methyl sites for hydroxylation is 2. The number of nitrogens with one attached hydrogen (secondary N) is 1. The summed E-state index contributed by atoms with van der Waals surface area (Å²) in [5.74, 6) is -1.08. The molecule has 0 saturated carbocycles. The van der Waals surface area contributed by atoms with Gasteiger partial charge in [0.05, 0.1) is 17.5 Å². The van der Waals surface area contributed by atoms with Crippen LogP contribution in [0.15, 0.2) is 18.2 Å². The Kier molecular flexibility index (Phi) is 3.79. The monoisotopic (exact) mass is 274 g/mol. The first-order valence-electron chi connectivity index (χ1n) is 6.47. The highest BCUT2D eigenvalue weighted by atomic mass is 16.4. The lowest BCUT2D eigenvalue weighted by Gasteiger charge is -2.16. The number of aromatic nitrogens is 1. The molecule has 0 fully saturated rings. The van der Waals surface area contributed by atoms with Crippen LogP contribution in [-0.2, 0) is 4.79 Å². The Morgan fingerprint density at radius 3 is 2.65 bits per heavy atom. The second kappa shape index (κ2) is 5.36. The molecule has 0 radical (unpaired) electrons. The van der Waals surface area contributed by atoms with E-state index in [1.165, 1.54) is 4.90 Å². The van der Waals surface area contributed by atoms with Crippen molar-refractivity contribution >= 4 is 22.8 Å². The highest BCUT2D eigenvalue weighted by molar-refractivity contribution is 6.06. The van der Waals surface area contributed by atoms with Gasteiger partial charge in [-0.05, 0) is 25.5 Å². The number of hydrogen-bond donors (Lipinski definition) is 2. The summed E-state index contributed by atoms with van der Waals surface area (Å²) in [6.45, 7) is 4.18. The molecule has 0 atom stereocenters. The van der Waals surface area contributed by atoms with Gasteiger partial charge in [0.15, 0.2) is 0 Å². The summed E-state index contributed by atoms with van der Waals surface area (Å²) < 4.78 is 0. The van der Waals surface area contributed by atoms with Crippen molar-refractivity contribution in [3.63, 3.8) is 0 Å². The molecule has 2 rings (SSSR count). The van der Waals surface area contributed by atoms with Crippen molar-refractivity contribution in [1.29, 1.82) is 0 Å². The Balaban J connectivity index is 2.35. The molecule has 2 N–H and O–H groups in total. The topological polar surface area (TPSA) is 73.4 Å². The third kappa shape index (κ3) is 2.52. The number of carboxylic acids is 1. The van der Waals surface area contributed by atoms with Crippen LogP contribution in [0.5, 0.6) is 0 Å². The number of aliphatic carboxylic acids is 1. The predicted molar refractivity (Wildman–Crippen MR) is 77.0 cm³/mol. The van der Waals surface area contributed by atoms with Gasteiger partial charge in [-0.15, -0.1) is 0 Å². The van der Waals surface area contributed by atoms with E-state index in [-0.39, 0.29) is 18.9 Å². The summed E-state index contributed by atoms with van der Waals surface area (Å²) in [4.78, 5) is 27.7. The Hall–Kier alpha value is -2.30. The van der Waals surface area contributed by atoms with Gasteiger partial charge in [0.25, 0.3) is 5.91 Å². The Morgan fingerprint density at radius 1 is 1.30 bits per heavy atom. The SMILES string of the molecule is Cc1[nH]c2c(C(=O)N(C)CCC(=O)O)cccc2c1C. The Labute approximate surface area is 117 Å². The van der Waals surface area contributed by atoms with E-state index < -0.39 is 5.97 Å². The molecule has 0 aliphatic rings. The summed E-state index contributed by atoms with van der Waals surface area (Å²) in [7, 11) is 1.62. The van der Waals surface area contributed by atoms with Gasteiger partial charge in [-0.2, -0.15) is 0 Å². The number of benzene rings is 1. The third-order valence-electron chi connectivity index (χ3n) is 3.58. The second-order valence-corrected chi connectivity index (χ2v) is 4.97. The molecule has 0 aliphatic carbocycles. The van der Waals surface area contributed by atoms with Crippen LogP contribution >= 0.6 is 0 Å². The van der Waals surface area contributed by atoms with Gasteiger partial charge in [-0.1, -0.05) is 12.1 Å². The number of aromatic amines is 1. The van der Waals surface area contributed by atoms with E-state index >= 15 is 0 Å². The van der Waals surface area contributed by atoms with Crippen molar-refractivity contribution in [2.45, 2.75) is 20.3 Å². The molecule has 5 heteroatoms. The third-order valence-corrected chi connectivity index (χ3v) is 3.58. The molecule has 1 amide bonds. The first-order chi connectivity index (χ1) is 9.41. The number of para-hydroxylation sites is 1. The number of H-pyrrole nitrogens is 1. The van der Waals surface area contributed by atoms with Gasteiger partial charge in [-0.3, -0.25) is 9.59 Å². The summed E-state index contributed by atoms with van der Waals surface area (Å²) in [5, 5.41) is 9.71. The van der Waals surface area contributed by atoms with Crippen LogP contribution < -0.4 is 0 Å². The van der Waals surface area contributed by atoms with Crippen LogP contribution in [0.25, 0.3) is 10.9 Å². The minimum Gasteiger partial charge on any atom is -0.481 e. The lowest BCUT2D eigenvalue weighted by Crippen LogP contribution is -2.29. The van der Waals surface area contributed by atoms with Crippen LogP contribution in [-0.4, -0.2) is 40.5 Å². The second-order valence-electron chi connectivity index (χ2n) is 4.97. The maximum Gasteiger partial charge on any atom is 0.305 e. The van der Waals surface area contributed by atoms with E-state index in [0.717, 1.165) is 22.2 Å². The molecule has 1 aromatic carbocycles. The molecular weight excluding hydrogens is 256 g/mol. The zero-order chi connectivity index (χ0) is 14.9. The van der Waals surface area contributed by atoms with Crippen LogP contribution in [0.1, 0.15) is 28.0 Å². The number of rotatable bonds is 4. The summed E-state index contributed by atoms with van der Waals surface area (Å²) in [5.41, 5.74) is 3.55. The molecule has 106 valence electrons. The van der Waals surface area contributed by atoms with Crippen molar-refractivity contribution < 1.29 is 14.7 Å². The minimum absolute atomic E-state index is 0.0546. The first kappa shape index (κ1) is 14.1. The quantitative estimate of drug-likeness (QED) is 0.898. The largest absolute Gasteiger partial charge is 0.481 e. The molecule has 0 saturated heterocycles. The van der Waals surface area contributed by atoms with Crippen molar-refractivity contribution in [2.24, 2.45) is 0 Å². The molecular formula is C15H18N2O3. The van der Waals surface area contributed by atoms with Crippen LogP contribution in [0.2, 0.25) is 0 Å². The van der Waals surface area contributed by atoms with E-state index in [9.17, 15) is 9.59 Å². The van der Waals surface area contributed by atoms with Crippen molar-refractivity contribution in [3.05, 3.63) is 35.0 Å². The fraction of sp³-hybridized carbons (Fsp3) is 0.333. The normalized spacial score (nSPS) is 10.8. The molecule has 0 aliphatic heterocycles. The fourth-order valence-corrected chi connectivity index (χ4v) is 2.23. The van der Waals surface area contributed by atoms with Crippen LogP contribution in [0.4, 0.5) is 0 Å². The fourth-order valence-electron chi connectivity index (χ4n) is 2.23. The predicted octanol–water partition coefficient (Wildman–Crippen LogP) is 2.33. The molecule has 20 heavy (non-hydrogen) atoms. The number of amides is 1. The molecule has 1 heterocycles. The number of carbonyl (C=O) groups excluding carboxylic acids is 1. The van der Waals surface area contributed by atoms with Gasteiger partial charge in [0.1, 0.15) is 0 Å². The van der Waals surface area contributed by atoms with Gasteiger partial charge in [0.2, 0.25) is 0 Å². The Morgan fingerprint density at radius 2 is 2.00 bits per heavy atom. The lowest BCUT2D eigenvalue weighted by molar-refractivity contribution is -0.137. The maximum absolute atomic E-state index is 12.4. The average Bonchev–Trinajstić information content (AvgIpc) is 2.71. The van der Waals surface area contributed by atoms with Crippen molar-refractivity contribution in [1.82, 2.24) is 9.88 Å². The number of carbonyl (C=O) groups is 2. The highest BCUT2D eigenvalue weighted by Gasteiger charge is 2.17. The van der Waals surface area contributed by atoms with Gasteiger partial charge in [-0.25, -0.2) is 0 Å². The zero-order valence-electron chi connectivity index (χ0n) is 11.9. The summed E-state index contributed by atoms with van der Waals surface area (Å²) in [6, 6.07) is 5.58. The number of carboxylic acid groups (broad SMARTS) is 1. The van der Waals surface area contributed by atoms with E-state index in [0.29, 0.717) is 5.56 Å². The zero-order valence-corrected chi connectivity index (χ0v) is 11.9. The first-order valence-corrected chi connectivity index (χ1v) is 6.47. The summed E-state index contributed by atoms with van der Waals surface area (Å²) in [6.07, 6.45) is -0.0546. The number of hydrogen-bond acceptors (Lipinski definition) is 2. The van der Waals surface area contributed by atoms with Crippen molar-refractivity contribution in [3.8, 4) is 0 Å². The van der Waals surface area contributed by atoms with E-state index in [4.69, 9.17) is 5.11 Å². The number of fused-ring (bicyclic) bond motifs is 1. The Bertz CT molecular complexity index is 673. The molecule has 2 aromatic rings. The van der Waals surface area contributed by atoms with E-state index in [2.05, 4.69) is 4.98 Å². The molecule has 0 spiro atoms. The van der Waals surface area contributed by atoms with Gasteiger partial charge < -0.3 is 15.0 Å².